The molecule has 0 saturated carbocycles. The Morgan fingerprint density at radius 2 is 1.71 bits per heavy atom. The van der Waals surface area contributed by atoms with E-state index in [2.05, 4.69) is 58.3 Å². The molecule has 0 radical (unpaired) electrons. The van der Waals surface area contributed by atoms with Gasteiger partial charge in [0.2, 0.25) is 0 Å². The van der Waals surface area contributed by atoms with Gasteiger partial charge in [0.15, 0.2) is 0 Å². The number of ether oxygens (including phenoxy) is 2. The Balaban J connectivity index is 1.36. The number of methoxy groups -OCH3 is 2. The summed E-state index contributed by atoms with van der Waals surface area (Å²) in [5, 5.41) is 3.18. The molecule has 2 heterocycles. The third-order valence-electron chi connectivity index (χ3n) is 6.90. The van der Waals surface area contributed by atoms with Gasteiger partial charge in [0.05, 0.1) is 19.2 Å². The Kier molecular flexibility index (Phi) is 5.68. The van der Waals surface area contributed by atoms with Crippen LogP contribution >= 0.6 is 11.6 Å². The lowest BCUT2D eigenvalue weighted by Crippen LogP contribution is -2.55. The first-order valence-corrected chi connectivity index (χ1v) is 11.5. The molecule has 5 rings (SSSR count). The maximum Gasteiger partial charge on any atom is 0.139 e. The number of hydrogen-bond acceptors (Lipinski definition) is 4. The first-order valence-electron chi connectivity index (χ1n) is 11.1. The van der Waals surface area contributed by atoms with Crippen LogP contribution in [-0.4, -0.2) is 44.8 Å². The molecule has 2 atom stereocenters. The molecule has 0 aromatic heterocycles. The second-order valence-electron chi connectivity index (χ2n) is 8.58. The van der Waals surface area contributed by atoms with E-state index in [4.69, 9.17) is 21.1 Å². The summed E-state index contributed by atoms with van der Waals surface area (Å²) in [7, 11) is 3.39. The van der Waals surface area contributed by atoms with E-state index in [-0.39, 0.29) is 0 Å². The van der Waals surface area contributed by atoms with E-state index in [1.807, 2.05) is 6.07 Å². The quantitative estimate of drug-likeness (QED) is 0.506. The lowest BCUT2D eigenvalue weighted by atomic mass is 9.88. The normalized spacial score (nSPS) is 21.7. The van der Waals surface area contributed by atoms with Crippen LogP contribution < -0.4 is 14.4 Å². The second kappa shape index (κ2) is 8.60. The maximum atomic E-state index is 6.23. The predicted molar refractivity (Wildman–Crippen MR) is 128 cm³/mol. The zero-order chi connectivity index (χ0) is 21.4. The van der Waals surface area contributed by atoms with Gasteiger partial charge in [-0.25, -0.2) is 0 Å². The highest BCUT2D eigenvalue weighted by Crippen LogP contribution is 2.39. The number of rotatable bonds is 4. The lowest BCUT2D eigenvalue weighted by Gasteiger charge is -2.49. The van der Waals surface area contributed by atoms with Gasteiger partial charge < -0.3 is 14.4 Å². The Morgan fingerprint density at radius 3 is 2.55 bits per heavy atom. The minimum Gasteiger partial charge on any atom is -0.497 e. The van der Waals surface area contributed by atoms with Gasteiger partial charge in [0.25, 0.3) is 0 Å². The third-order valence-corrected chi connectivity index (χ3v) is 7.21. The molecule has 5 heteroatoms. The van der Waals surface area contributed by atoms with Gasteiger partial charge in [0, 0.05) is 43.5 Å². The number of benzene rings is 3. The van der Waals surface area contributed by atoms with E-state index < -0.39 is 0 Å². The van der Waals surface area contributed by atoms with E-state index in [9.17, 15) is 0 Å². The molecule has 2 fully saturated rings. The summed E-state index contributed by atoms with van der Waals surface area (Å²) in [6.45, 7) is 3.13. The molecule has 162 valence electrons. The summed E-state index contributed by atoms with van der Waals surface area (Å²) in [6.07, 6.45) is 3.75. The van der Waals surface area contributed by atoms with Crippen LogP contribution in [0.25, 0.3) is 10.8 Å². The summed E-state index contributed by atoms with van der Waals surface area (Å²) in [5.41, 5.74) is 2.63. The van der Waals surface area contributed by atoms with Crippen molar-refractivity contribution in [1.82, 2.24) is 4.90 Å². The average Bonchev–Trinajstić information content (AvgIpc) is 2.83. The molecule has 31 heavy (non-hydrogen) atoms. The van der Waals surface area contributed by atoms with Gasteiger partial charge in [0.1, 0.15) is 11.5 Å². The number of piperazine rings is 1. The molecule has 0 bridgehead atoms. The van der Waals surface area contributed by atoms with Crippen LogP contribution in [-0.2, 0) is 0 Å². The lowest BCUT2D eigenvalue weighted by molar-refractivity contribution is 0.0717. The fourth-order valence-corrected chi connectivity index (χ4v) is 5.46. The highest BCUT2D eigenvalue weighted by Gasteiger charge is 2.35. The largest absolute Gasteiger partial charge is 0.497 e. The van der Waals surface area contributed by atoms with E-state index in [1.165, 1.54) is 41.3 Å². The molecule has 2 saturated heterocycles. The van der Waals surface area contributed by atoms with Gasteiger partial charge in [-0.3, -0.25) is 4.90 Å². The average molecular weight is 437 g/mol. The molecule has 0 unspecified atom stereocenters. The summed E-state index contributed by atoms with van der Waals surface area (Å²) in [4.78, 5) is 5.22. The van der Waals surface area contributed by atoms with Gasteiger partial charge in [-0.15, -0.1) is 0 Å². The zero-order valence-electron chi connectivity index (χ0n) is 18.2. The van der Waals surface area contributed by atoms with Crippen LogP contribution in [0.15, 0.2) is 54.6 Å². The summed E-state index contributed by atoms with van der Waals surface area (Å²) < 4.78 is 10.8. The minimum atomic E-state index is 0.493. The molecular weight excluding hydrogens is 408 g/mol. The van der Waals surface area contributed by atoms with Crippen molar-refractivity contribution in [1.29, 1.82) is 0 Å². The van der Waals surface area contributed by atoms with Crippen molar-refractivity contribution in [2.24, 2.45) is 0 Å². The van der Waals surface area contributed by atoms with Gasteiger partial charge >= 0.3 is 0 Å². The van der Waals surface area contributed by atoms with E-state index >= 15 is 0 Å². The van der Waals surface area contributed by atoms with Crippen molar-refractivity contribution in [3.8, 4) is 11.5 Å². The fourth-order valence-electron chi connectivity index (χ4n) is 5.26. The van der Waals surface area contributed by atoms with Crippen LogP contribution in [0, 0.1) is 0 Å². The van der Waals surface area contributed by atoms with Crippen LogP contribution in [0.5, 0.6) is 11.5 Å². The Morgan fingerprint density at radius 1 is 0.871 bits per heavy atom. The Bertz CT molecular complexity index is 1090. The van der Waals surface area contributed by atoms with Gasteiger partial charge in [-0.2, -0.15) is 0 Å². The van der Waals surface area contributed by atoms with Crippen LogP contribution in [0.2, 0.25) is 5.02 Å². The first-order chi connectivity index (χ1) is 15.2. The van der Waals surface area contributed by atoms with Crippen molar-refractivity contribution in [3.63, 3.8) is 0 Å². The predicted octanol–water partition coefficient (Wildman–Crippen LogP) is 5.93. The molecule has 3 aromatic carbocycles. The number of anilines is 1. The summed E-state index contributed by atoms with van der Waals surface area (Å²) in [5.74, 6) is 1.66. The summed E-state index contributed by atoms with van der Waals surface area (Å²) in [6, 6.07) is 20.4. The molecule has 0 amide bonds. The van der Waals surface area contributed by atoms with Gasteiger partial charge in [-0.1, -0.05) is 29.8 Å². The van der Waals surface area contributed by atoms with Crippen molar-refractivity contribution in [3.05, 3.63) is 65.2 Å². The van der Waals surface area contributed by atoms with Crippen molar-refractivity contribution in [2.45, 2.75) is 31.3 Å². The fraction of sp³-hybridized carbons (Fsp3) is 0.385. The van der Waals surface area contributed by atoms with E-state index in [0.717, 1.165) is 31.1 Å². The molecular formula is C26H29ClN2O2. The maximum absolute atomic E-state index is 6.23. The standard InChI is InChI=1S/C26H29ClN2O2/c1-30-23-10-8-18-14-20(7-6-19(18)15-23)25-5-3-4-22-17-28(12-13-29(22)25)21-9-11-24(27)26(16-21)31-2/h6-11,14-16,22,25H,3-5,12-13,17H2,1-2H3/t22-,25+/m0/s1. The second-order valence-corrected chi connectivity index (χ2v) is 8.98. The van der Waals surface area contributed by atoms with E-state index in [0.29, 0.717) is 17.1 Å². The molecule has 2 aliphatic heterocycles. The summed E-state index contributed by atoms with van der Waals surface area (Å²) >= 11 is 6.23. The number of halogens is 1. The number of piperidine rings is 1. The minimum absolute atomic E-state index is 0.493. The highest BCUT2D eigenvalue weighted by atomic mass is 35.5. The molecule has 4 nitrogen and oxygen atoms in total. The topological polar surface area (TPSA) is 24.9 Å². The third kappa shape index (κ3) is 3.95. The van der Waals surface area contributed by atoms with Crippen molar-refractivity contribution in [2.75, 3.05) is 38.8 Å². The molecule has 0 aliphatic carbocycles. The number of fused-ring (bicyclic) bond motifs is 2. The van der Waals surface area contributed by atoms with Crippen molar-refractivity contribution < 1.29 is 9.47 Å². The van der Waals surface area contributed by atoms with E-state index in [1.54, 1.807) is 14.2 Å². The van der Waals surface area contributed by atoms with Crippen LogP contribution in [0.4, 0.5) is 5.69 Å². The number of hydrogen-bond donors (Lipinski definition) is 0. The van der Waals surface area contributed by atoms with Crippen LogP contribution in [0.1, 0.15) is 30.9 Å². The molecule has 0 spiro atoms. The SMILES string of the molecule is COc1ccc2cc([C@H]3CCC[C@H]4CN(c5ccc(Cl)c(OC)c5)CCN43)ccc2c1. The van der Waals surface area contributed by atoms with Crippen LogP contribution in [0.3, 0.4) is 0 Å². The van der Waals surface area contributed by atoms with Gasteiger partial charge in [-0.05, 0) is 65.9 Å². The van der Waals surface area contributed by atoms with Crippen molar-refractivity contribution >= 4 is 28.1 Å². The highest BCUT2D eigenvalue weighted by molar-refractivity contribution is 6.32. The Labute approximate surface area is 189 Å². The molecule has 2 aliphatic rings. The molecule has 3 aromatic rings. The Hall–Kier alpha value is -2.43. The molecule has 0 N–H and O–H groups in total. The zero-order valence-corrected chi connectivity index (χ0v) is 18.9. The first kappa shape index (κ1) is 20.5. The smallest absolute Gasteiger partial charge is 0.139 e. The monoisotopic (exact) mass is 436 g/mol. The number of nitrogens with zero attached hydrogens (tertiary/aromatic N) is 2.